The lowest BCUT2D eigenvalue weighted by Gasteiger charge is -2.11. The van der Waals surface area contributed by atoms with Gasteiger partial charge < -0.3 is 19.5 Å². The molecule has 2 heterocycles. The summed E-state index contributed by atoms with van der Waals surface area (Å²) in [7, 11) is 1.90. The third kappa shape index (κ3) is 6.32. The Morgan fingerprint density at radius 1 is 0.727 bits per heavy atom. The van der Waals surface area contributed by atoms with E-state index in [1.165, 1.54) is 0 Å². The van der Waals surface area contributed by atoms with Crippen molar-refractivity contribution in [2.75, 3.05) is 46.6 Å². The molecule has 4 aromatic rings. The summed E-state index contributed by atoms with van der Waals surface area (Å²) in [4.78, 5) is 13.6. The zero-order valence-electron chi connectivity index (χ0n) is 18.7. The minimum absolute atomic E-state index is 0.422. The molecule has 7 heteroatoms. The van der Waals surface area contributed by atoms with Crippen LogP contribution in [0.3, 0.4) is 0 Å². The zero-order valence-corrected chi connectivity index (χ0v) is 18.7. The van der Waals surface area contributed by atoms with Gasteiger partial charge in [-0.1, -0.05) is 36.4 Å². The Morgan fingerprint density at radius 3 is 2.27 bits per heavy atom. The summed E-state index contributed by atoms with van der Waals surface area (Å²) >= 11 is 0. The van der Waals surface area contributed by atoms with E-state index in [-0.39, 0.29) is 0 Å². The van der Waals surface area contributed by atoms with Crippen molar-refractivity contribution in [2.45, 2.75) is 0 Å². The molecule has 33 heavy (non-hydrogen) atoms. The molecule has 170 valence electrons. The molecule has 0 saturated carbocycles. The Labute approximate surface area is 193 Å². The maximum atomic E-state index is 5.89. The number of ether oxygens (including phenoxy) is 3. The van der Waals surface area contributed by atoms with Gasteiger partial charge in [0.2, 0.25) is 5.88 Å². The molecule has 2 aromatic heterocycles. The molecular weight excluding hydrogens is 416 g/mol. The van der Waals surface area contributed by atoms with E-state index in [1.54, 1.807) is 6.20 Å². The molecule has 1 N–H and O–H groups in total. The molecule has 0 aliphatic heterocycles. The van der Waals surface area contributed by atoms with Crippen LogP contribution in [0.2, 0.25) is 0 Å². The Morgan fingerprint density at radius 2 is 1.45 bits per heavy atom. The van der Waals surface area contributed by atoms with Crippen LogP contribution in [0.1, 0.15) is 0 Å². The lowest BCUT2D eigenvalue weighted by Crippen LogP contribution is -2.17. The topological polar surface area (TPSA) is 78.4 Å². The van der Waals surface area contributed by atoms with E-state index < -0.39 is 0 Å². The third-order valence-electron chi connectivity index (χ3n) is 5.05. The SMILES string of the molecule is CNCCOCCOCCOc1ncccc1-c1ccc(-c2cnc3ccccc3n2)cc1. The lowest BCUT2D eigenvalue weighted by molar-refractivity contribution is 0.0372. The van der Waals surface area contributed by atoms with E-state index in [0.29, 0.717) is 38.9 Å². The van der Waals surface area contributed by atoms with E-state index in [0.717, 1.165) is 40.0 Å². The molecule has 0 unspecified atom stereocenters. The average molecular weight is 445 g/mol. The van der Waals surface area contributed by atoms with Gasteiger partial charge in [0, 0.05) is 23.9 Å². The quantitative estimate of drug-likeness (QED) is 0.331. The monoisotopic (exact) mass is 444 g/mol. The number of hydrogen-bond acceptors (Lipinski definition) is 7. The normalized spacial score (nSPS) is 11.1. The van der Waals surface area contributed by atoms with Gasteiger partial charge >= 0.3 is 0 Å². The number of pyridine rings is 1. The van der Waals surface area contributed by atoms with Crippen LogP contribution in [-0.4, -0.2) is 61.6 Å². The largest absolute Gasteiger partial charge is 0.475 e. The van der Waals surface area contributed by atoms with Gasteiger partial charge in [-0.15, -0.1) is 0 Å². The molecule has 0 atom stereocenters. The van der Waals surface area contributed by atoms with Crippen LogP contribution in [0.5, 0.6) is 5.88 Å². The smallest absolute Gasteiger partial charge is 0.221 e. The number of aromatic nitrogens is 3. The second-order valence-corrected chi connectivity index (χ2v) is 7.35. The van der Waals surface area contributed by atoms with Crippen LogP contribution in [0.4, 0.5) is 0 Å². The van der Waals surface area contributed by atoms with E-state index in [2.05, 4.69) is 27.4 Å². The molecule has 0 radical (unpaired) electrons. The molecule has 0 bridgehead atoms. The van der Waals surface area contributed by atoms with Gasteiger partial charge in [-0.25, -0.2) is 9.97 Å². The first-order chi connectivity index (χ1) is 16.3. The van der Waals surface area contributed by atoms with Gasteiger partial charge in [-0.2, -0.15) is 0 Å². The highest BCUT2D eigenvalue weighted by Crippen LogP contribution is 2.29. The maximum absolute atomic E-state index is 5.89. The highest BCUT2D eigenvalue weighted by Gasteiger charge is 2.09. The van der Waals surface area contributed by atoms with E-state index in [4.69, 9.17) is 19.2 Å². The summed E-state index contributed by atoms with van der Waals surface area (Å²) in [5.41, 5.74) is 5.58. The van der Waals surface area contributed by atoms with Crippen molar-refractivity contribution in [3.05, 3.63) is 73.1 Å². The standard InChI is InChI=1S/C26H28N4O3/c1-27-13-14-31-15-16-32-17-18-33-26-22(5-4-12-28-26)20-8-10-21(11-9-20)25-19-29-23-6-2-3-7-24(23)30-25/h2-12,19,27H,13-18H2,1H3. The van der Waals surface area contributed by atoms with Gasteiger partial charge in [0.15, 0.2) is 0 Å². The molecule has 0 amide bonds. The van der Waals surface area contributed by atoms with Crippen molar-refractivity contribution in [2.24, 2.45) is 0 Å². The number of nitrogens with zero attached hydrogens (tertiary/aromatic N) is 3. The zero-order chi connectivity index (χ0) is 22.7. The second-order valence-electron chi connectivity index (χ2n) is 7.35. The molecule has 0 spiro atoms. The van der Waals surface area contributed by atoms with Crippen LogP contribution in [0.15, 0.2) is 73.1 Å². The van der Waals surface area contributed by atoms with Gasteiger partial charge in [0.25, 0.3) is 0 Å². The molecule has 2 aromatic carbocycles. The summed E-state index contributed by atoms with van der Waals surface area (Å²) in [5.74, 6) is 0.588. The van der Waals surface area contributed by atoms with E-state index in [1.807, 2.05) is 61.8 Å². The molecule has 4 rings (SSSR count). The molecule has 0 aliphatic rings. The fourth-order valence-electron chi connectivity index (χ4n) is 3.34. The van der Waals surface area contributed by atoms with Gasteiger partial charge in [-0.3, -0.25) is 4.98 Å². The van der Waals surface area contributed by atoms with Crippen LogP contribution < -0.4 is 10.1 Å². The number of nitrogens with one attached hydrogen (secondary N) is 1. The molecule has 0 fully saturated rings. The van der Waals surface area contributed by atoms with Crippen LogP contribution in [-0.2, 0) is 9.47 Å². The first-order valence-electron chi connectivity index (χ1n) is 11.1. The summed E-state index contributed by atoms with van der Waals surface area (Å²) < 4.78 is 16.9. The van der Waals surface area contributed by atoms with E-state index >= 15 is 0 Å². The van der Waals surface area contributed by atoms with Crippen molar-refractivity contribution in [3.8, 4) is 28.3 Å². The van der Waals surface area contributed by atoms with Crippen molar-refractivity contribution in [1.82, 2.24) is 20.3 Å². The second kappa shape index (κ2) is 12.0. The van der Waals surface area contributed by atoms with Gasteiger partial charge in [0.1, 0.15) is 6.61 Å². The molecule has 0 saturated heterocycles. The number of likely N-dealkylation sites (N-methyl/N-ethyl adjacent to an activating group) is 1. The maximum Gasteiger partial charge on any atom is 0.221 e. The van der Waals surface area contributed by atoms with Crippen LogP contribution in [0.25, 0.3) is 33.4 Å². The first-order valence-corrected chi connectivity index (χ1v) is 11.1. The van der Waals surface area contributed by atoms with Gasteiger partial charge in [-0.05, 0) is 36.9 Å². The van der Waals surface area contributed by atoms with Crippen molar-refractivity contribution in [3.63, 3.8) is 0 Å². The average Bonchev–Trinajstić information content (AvgIpc) is 2.88. The van der Waals surface area contributed by atoms with Crippen molar-refractivity contribution < 1.29 is 14.2 Å². The van der Waals surface area contributed by atoms with Crippen molar-refractivity contribution >= 4 is 11.0 Å². The Bertz CT molecular complexity index is 1150. The minimum Gasteiger partial charge on any atom is -0.475 e. The molecule has 0 aliphatic carbocycles. The Balaban J connectivity index is 1.35. The number of hydrogen-bond donors (Lipinski definition) is 1. The summed E-state index contributed by atoms with van der Waals surface area (Å²) in [6.07, 6.45) is 3.54. The Kier molecular flexibility index (Phi) is 8.30. The van der Waals surface area contributed by atoms with Crippen LogP contribution >= 0.6 is 0 Å². The third-order valence-corrected chi connectivity index (χ3v) is 5.05. The number of benzene rings is 2. The summed E-state index contributed by atoms with van der Waals surface area (Å²) in [5, 5.41) is 3.03. The highest BCUT2D eigenvalue weighted by atomic mass is 16.5. The molecular formula is C26H28N4O3. The van der Waals surface area contributed by atoms with E-state index in [9.17, 15) is 0 Å². The van der Waals surface area contributed by atoms with Gasteiger partial charge in [0.05, 0.1) is 49.4 Å². The predicted molar refractivity (Wildman–Crippen MR) is 129 cm³/mol. The fourth-order valence-corrected chi connectivity index (χ4v) is 3.34. The first kappa shape index (κ1) is 22.8. The van der Waals surface area contributed by atoms with Crippen LogP contribution in [0, 0.1) is 0 Å². The highest BCUT2D eigenvalue weighted by molar-refractivity contribution is 5.78. The molecule has 7 nitrogen and oxygen atoms in total. The number of rotatable bonds is 12. The fraction of sp³-hybridized carbons (Fsp3) is 0.269. The number of fused-ring (bicyclic) bond motifs is 1. The van der Waals surface area contributed by atoms with Crippen molar-refractivity contribution in [1.29, 1.82) is 0 Å². The predicted octanol–water partition coefficient (Wildman–Crippen LogP) is 3.99. The Hall–Kier alpha value is -3.39. The number of para-hydroxylation sites is 2. The summed E-state index contributed by atoms with van der Waals surface area (Å²) in [6.45, 7) is 3.53. The summed E-state index contributed by atoms with van der Waals surface area (Å²) in [6, 6.07) is 20.0. The lowest BCUT2D eigenvalue weighted by atomic mass is 10.0. The minimum atomic E-state index is 0.422.